The summed E-state index contributed by atoms with van der Waals surface area (Å²) in [6, 6.07) is 10.6. The van der Waals surface area contributed by atoms with Crippen LogP contribution in [-0.2, 0) is 19.4 Å². The molecule has 0 fully saturated rings. The zero-order valence-electron chi connectivity index (χ0n) is 12.6. The van der Waals surface area contributed by atoms with E-state index in [9.17, 15) is 0 Å². The fraction of sp³-hybridized carbons (Fsp3) is 0.471. The molecule has 0 bridgehead atoms. The summed E-state index contributed by atoms with van der Waals surface area (Å²) in [6.45, 7) is 8.61. The summed E-state index contributed by atoms with van der Waals surface area (Å²) in [7, 11) is 0. The molecule has 0 unspecified atom stereocenters. The molecule has 0 aliphatic carbocycles. The van der Waals surface area contributed by atoms with Crippen molar-refractivity contribution in [2.75, 3.05) is 6.54 Å². The molecule has 2 aromatic rings. The Morgan fingerprint density at radius 1 is 1.15 bits per heavy atom. The molecule has 0 atom stereocenters. The van der Waals surface area contributed by atoms with Crippen LogP contribution in [0.5, 0.6) is 0 Å². The van der Waals surface area contributed by atoms with E-state index in [0.29, 0.717) is 5.92 Å². The summed E-state index contributed by atoms with van der Waals surface area (Å²) < 4.78 is 0. The number of hydrogen-bond donors (Lipinski definition) is 1. The molecule has 1 aromatic carbocycles. The van der Waals surface area contributed by atoms with Gasteiger partial charge in [0.05, 0.1) is 10.7 Å². The first kappa shape index (κ1) is 15.2. The van der Waals surface area contributed by atoms with E-state index >= 15 is 0 Å². The summed E-state index contributed by atoms with van der Waals surface area (Å²) in [5.74, 6) is 0.695. The SMILES string of the molecule is Cc1nc(CCc2ccccc2)sc1CNCC(C)C. The number of thiazole rings is 1. The number of nitrogens with zero attached hydrogens (tertiary/aromatic N) is 1. The third kappa shape index (κ3) is 4.73. The second-order valence-corrected chi connectivity index (χ2v) is 6.79. The topological polar surface area (TPSA) is 24.9 Å². The van der Waals surface area contributed by atoms with Gasteiger partial charge in [0.1, 0.15) is 0 Å². The molecular formula is C17H24N2S. The van der Waals surface area contributed by atoms with E-state index < -0.39 is 0 Å². The Hall–Kier alpha value is -1.19. The van der Waals surface area contributed by atoms with Gasteiger partial charge in [-0.3, -0.25) is 0 Å². The zero-order valence-corrected chi connectivity index (χ0v) is 13.5. The molecule has 1 aromatic heterocycles. The molecule has 0 saturated carbocycles. The fourth-order valence-corrected chi connectivity index (χ4v) is 3.17. The third-order valence-electron chi connectivity index (χ3n) is 3.25. The van der Waals surface area contributed by atoms with Crippen LogP contribution in [0.25, 0.3) is 0 Å². The maximum Gasteiger partial charge on any atom is 0.0934 e. The lowest BCUT2D eigenvalue weighted by atomic mass is 10.1. The Balaban J connectivity index is 1.87. The molecule has 0 amide bonds. The third-order valence-corrected chi connectivity index (χ3v) is 4.46. The highest BCUT2D eigenvalue weighted by Crippen LogP contribution is 2.19. The highest BCUT2D eigenvalue weighted by Gasteiger charge is 2.07. The van der Waals surface area contributed by atoms with Crippen LogP contribution in [0.1, 0.15) is 35.0 Å². The van der Waals surface area contributed by atoms with Gasteiger partial charge in [-0.2, -0.15) is 0 Å². The lowest BCUT2D eigenvalue weighted by Gasteiger charge is -2.05. The quantitative estimate of drug-likeness (QED) is 0.833. The average molecular weight is 288 g/mol. The molecule has 1 N–H and O–H groups in total. The van der Waals surface area contributed by atoms with Crippen molar-refractivity contribution in [3.63, 3.8) is 0 Å². The van der Waals surface area contributed by atoms with Crippen molar-refractivity contribution in [3.05, 3.63) is 51.5 Å². The van der Waals surface area contributed by atoms with Crippen LogP contribution >= 0.6 is 11.3 Å². The number of rotatable bonds is 7. The van der Waals surface area contributed by atoms with E-state index in [0.717, 1.165) is 25.9 Å². The van der Waals surface area contributed by atoms with Gasteiger partial charge in [0, 0.05) is 17.8 Å². The minimum atomic E-state index is 0.695. The maximum absolute atomic E-state index is 4.70. The van der Waals surface area contributed by atoms with Gasteiger partial charge in [0.15, 0.2) is 0 Å². The minimum absolute atomic E-state index is 0.695. The van der Waals surface area contributed by atoms with Gasteiger partial charge in [-0.15, -0.1) is 11.3 Å². The van der Waals surface area contributed by atoms with E-state index in [1.54, 1.807) is 0 Å². The molecule has 0 radical (unpaired) electrons. The van der Waals surface area contributed by atoms with Gasteiger partial charge in [-0.1, -0.05) is 44.2 Å². The van der Waals surface area contributed by atoms with Crippen molar-refractivity contribution in [1.82, 2.24) is 10.3 Å². The monoisotopic (exact) mass is 288 g/mol. The zero-order chi connectivity index (χ0) is 14.4. The average Bonchev–Trinajstić information content (AvgIpc) is 2.78. The van der Waals surface area contributed by atoms with Gasteiger partial charge in [-0.05, 0) is 31.4 Å². The molecule has 0 aliphatic rings. The van der Waals surface area contributed by atoms with E-state index in [-0.39, 0.29) is 0 Å². The standard InChI is InChI=1S/C17H24N2S/c1-13(2)11-18-12-16-14(3)19-17(20-16)10-9-15-7-5-4-6-8-15/h4-8,13,18H,9-12H2,1-3H3. The van der Waals surface area contributed by atoms with Gasteiger partial charge in [0.2, 0.25) is 0 Å². The number of hydrogen-bond acceptors (Lipinski definition) is 3. The van der Waals surface area contributed by atoms with Crippen LogP contribution < -0.4 is 5.32 Å². The first-order valence-electron chi connectivity index (χ1n) is 7.35. The Kier molecular flexibility index (Phi) is 5.74. The van der Waals surface area contributed by atoms with Gasteiger partial charge >= 0.3 is 0 Å². The van der Waals surface area contributed by atoms with Crippen LogP contribution in [0.3, 0.4) is 0 Å². The van der Waals surface area contributed by atoms with E-state index in [4.69, 9.17) is 4.98 Å². The fourth-order valence-electron chi connectivity index (χ4n) is 2.13. The van der Waals surface area contributed by atoms with E-state index in [1.165, 1.54) is 21.1 Å². The minimum Gasteiger partial charge on any atom is -0.312 e. The molecular weight excluding hydrogens is 264 g/mol. The van der Waals surface area contributed by atoms with Crippen molar-refractivity contribution in [2.45, 2.75) is 40.2 Å². The molecule has 2 nitrogen and oxygen atoms in total. The van der Waals surface area contributed by atoms with Crippen molar-refractivity contribution in [2.24, 2.45) is 5.92 Å². The maximum atomic E-state index is 4.70. The molecule has 0 saturated heterocycles. The molecule has 20 heavy (non-hydrogen) atoms. The van der Waals surface area contributed by atoms with Crippen LogP contribution in [0, 0.1) is 12.8 Å². The first-order valence-corrected chi connectivity index (χ1v) is 8.16. The van der Waals surface area contributed by atoms with Crippen molar-refractivity contribution >= 4 is 11.3 Å². The molecule has 0 aliphatic heterocycles. The second kappa shape index (κ2) is 7.55. The van der Waals surface area contributed by atoms with Crippen molar-refractivity contribution in [1.29, 1.82) is 0 Å². The molecule has 108 valence electrons. The Morgan fingerprint density at radius 2 is 1.90 bits per heavy atom. The molecule has 0 spiro atoms. The summed E-state index contributed by atoms with van der Waals surface area (Å²) >= 11 is 1.86. The smallest absolute Gasteiger partial charge is 0.0934 e. The Morgan fingerprint density at radius 3 is 2.60 bits per heavy atom. The van der Waals surface area contributed by atoms with Crippen LogP contribution in [0.15, 0.2) is 30.3 Å². The van der Waals surface area contributed by atoms with Crippen molar-refractivity contribution in [3.8, 4) is 0 Å². The Bertz CT molecular complexity index is 517. The summed E-state index contributed by atoms with van der Waals surface area (Å²) in [5.41, 5.74) is 2.58. The Labute approximate surface area is 126 Å². The number of aryl methyl sites for hydroxylation is 3. The van der Waals surface area contributed by atoms with E-state index in [2.05, 4.69) is 56.4 Å². The summed E-state index contributed by atoms with van der Waals surface area (Å²) in [4.78, 5) is 6.09. The number of benzene rings is 1. The normalized spacial score (nSPS) is 11.2. The lowest BCUT2D eigenvalue weighted by molar-refractivity contribution is 0.554. The number of aromatic nitrogens is 1. The van der Waals surface area contributed by atoms with Gasteiger partial charge in [0.25, 0.3) is 0 Å². The largest absolute Gasteiger partial charge is 0.312 e. The lowest BCUT2D eigenvalue weighted by Crippen LogP contribution is -2.18. The summed E-state index contributed by atoms with van der Waals surface area (Å²) in [5, 5.41) is 4.76. The van der Waals surface area contributed by atoms with Gasteiger partial charge in [-0.25, -0.2) is 4.98 Å². The van der Waals surface area contributed by atoms with Crippen LogP contribution in [0.4, 0.5) is 0 Å². The second-order valence-electron chi connectivity index (χ2n) is 5.63. The predicted molar refractivity (Wildman–Crippen MR) is 87.2 cm³/mol. The van der Waals surface area contributed by atoms with Crippen LogP contribution in [0.2, 0.25) is 0 Å². The van der Waals surface area contributed by atoms with Crippen LogP contribution in [-0.4, -0.2) is 11.5 Å². The highest BCUT2D eigenvalue weighted by atomic mass is 32.1. The molecule has 3 heteroatoms. The summed E-state index contributed by atoms with van der Waals surface area (Å²) in [6.07, 6.45) is 2.12. The predicted octanol–water partition coefficient (Wildman–Crippen LogP) is 3.98. The highest BCUT2D eigenvalue weighted by molar-refractivity contribution is 7.11. The molecule has 2 rings (SSSR count). The van der Waals surface area contributed by atoms with Gasteiger partial charge < -0.3 is 5.32 Å². The van der Waals surface area contributed by atoms with E-state index in [1.807, 2.05) is 11.3 Å². The number of nitrogens with one attached hydrogen (secondary N) is 1. The molecule has 1 heterocycles. The van der Waals surface area contributed by atoms with Crippen molar-refractivity contribution < 1.29 is 0 Å². The first-order chi connectivity index (χ1) is 9.65.